The Kier molecular flexibility index (Phi) is 3.61. The van der Waals surface area contributed by atoms with E-state index in [9.17, 15) is 4.79 Å². The van der Waals surface area contributed by atoms with E-state index in [1.807, 2.05) is 11.8 Å². The summed E-state index contributed by atoms with van der Waals surface area (Å²) < 4.78 is 0. The number of piperidine rings is 1. The minimum absolute atomic E-state index is 0.308. The maximum atomic E-state index is 12.7. The topological polar surface area (TPSA) is 32.3 Å². The van der Waals surface area contributed by atoms with E-state index in [4.69, 9.17) is 0 Å². The maximum Gasteiger partial charge on any atom is 0.226 e. The van der Waals surface area contributed by atoms with E-state index in [1.165, 1.54) is 30.8 Å². The SMILES string of the molecule is O=C(C1CCNCC1)N(C1CC1)[C@H]1CCSC1. The molecule has 3 aliphatic rings. The molecule has 17 heavy (non-hydrogen) atoms. The van der Waals surface area contributed by atoms with Gasteiger partial charge in [-0.3, -0.25) is 4.79 Å². The first-order valence-corrected chi connectivity index (χ1v) is 8.12. The smallest absolute Gasteiger partial charge is 0.226 e. The Hall–Kier alpha value is -0.220. The number of nitrogens with one attached hydrogen (secondary N) is 1. The first-order valence-electron chi connectivity index (χ1n) is 6.97. The Morgan fingerprint density at radius 2 is 1.82 bits per heavy atom. The summed E-state index contributed by atoms with van der Waals surface area (Å²) in [5.74, 6) is 3.20. The van der Waals surface area contributed by atoms with Crippen molar-refractivity contribution in [2.75, 3.05) is 24.6 Å². The molecule has 0 bridgehead atoms. The molecule has 3 fully saturated rings. The van der Waals surface area contributed by atoms with Crippen molar-refractivity contribution in [3.63, 3.8) is 0 Å². The third kappa shape index (κ3) is 2.63. The lowest BCUT2D eigenvalue weighted by molar-refractivity contribution is -0.139. The number of rotatable bonds is 3. The highest BCUT2D eigenvalue weighted by Crippen LogP contribution is 2.35. The van der Waals surface area contributed by atoms with Crippen molar-refractivity contribution in [2.24, 2.45) is 5.92 Å². The van der Waals surface area contributed by atoms with Crippen LogP contribution < -0.4 is 5.32 Å². The molecule has 3 rings (SSSR count). The first-order chi connectivity index (χ1) is 8.36. The van der Waals surface area contributed by atoms with Gasteiger partial charge in [-0.05, 0) is 50.9 Å². The van der Waals surface area contributed by atoms with Crippen molar-refractivity contribution in [3.05, 3.63) is 0 Å². The van der Waals surface area contributed by atoms with Gasteiger partial charge < -0.3 is 10.2 Å². The molecule has 0 spiro atoms. The maximum absolute atomic E-state index is 12.7. The summed E-state index contributed by atoms with van der Waals surface area (Å²) in [5, 5.41) is 3.35. The largest absolute Gasteiger partial charge is 0.336 e. The Balaban J connectivity index is 1.66. The lowest BCUT2D eigenvalue weighted by Crippen LogP contribution is -2.47. The van der Waals surface area contributed by atoms with E-state index in [-0.39, 0.29) is 0 Å². The number of hydrogen-bond acceptors (Lipinski definition) is 3. The van der Waals surface area contributed by atoms with Gasteiger partial charge in [-0.15, -0.1) is 0 Å². The van der Waals surface area contributed by atoms with Crippen molar-refractivity contribution in [1.29, 1.82) is 0 Å². The molecule has 1 aliphatic carbocycles. The second-order valence-corrected chi connectivity index (χ2v) is 6.67. The van der Waals surface area contributed by atoms with Gasteiger partial charge in [0.1, 0.15) is 0 Å². The summed E-state index contributed by atoms with van der Waals surface area (Å²) in [6, 6.07) is 1.15. The summed E-state index contributed by atoms with van der Waals surface area (Å²) in [4.78, 5) is 14.9. The molecule has 1 amide bonds. The van der Waals surface area contributed by atoms with Gasteiger partial charge in [-0.2, -0.15) is 11.8 Å². The molecule has 1 atom stereocenters. The summed E-state index contributed by atoms with van der Waals surface area (Å²) in [6.07, 6.45) is 5.80. The molecule has 0 aromatic rings. The number of hydrogen-bond donors (Lipinski definition) is 1. The molecule has 96 valence electrons. The lowest BCUT2D eigenvalue weighted by atomic mass is 9.95. The molecular weight excluding hydrogens is 232 g/mol. The molecule has 2 aliphatic heterocycles. The predicted octanol–water partition coefficient (Wildman–Crippen LogP) is 1.48. The summed E-state index contributed by atoms with van der Waals surface area (Å²) in [7, 11) is 0. The van der Waals surface area contributed by atoms with Gasteiger partial charge in [0, 0.05) is 23.8 Å². The summed E-state index contributed by atoms with van der Waals surface area (Å²) in [6.45, 7) is 2.04. The minimum Gasteiger partial charge on any atom is -0.336 e. The van der Waals surface area contributed by atoms with Crippen molar-refractivity contribution in [3.8, 4) is 0 Å². The van der Waals surface area contributed by atoms with Crippen LogP contribution in [0.2, 0.25) is 0 Å². The molecule has 3 nitrogen and oxygen atoms in total. The number of nitrogens with zero attached hydrogens (tertiary/aromatic N) is 1. The van der Waals surface area contributed by atoms with Gasteiger partial charge in [0.2, 0.25) is 5.91 Å². The minimum atomic E-state index is 0.308. The molecule has 0 aromatic heterocycles. The quantitative estimate of drug-likeness (QED) is 0.828. The van der Waals surface area contributed by atoms with Gasteiger partial charge in [-0.25, -0.2) is 0 Å². The van der Waals surface area contributed by atoms with Crippen LogP contribution in [-0.4, -0.2) is 47.5 Å². The average molecular weight is 254 g/mol. The third-order valence-corrected chi connectivity index (χ3v) is 5.33. The number of carbonyl (C=O) groups is 1. The van der Waals surface area contributed by atoms with E-state index in [0.717, 1.165) is 25.9 Å². The normalized spacial score (nSPS) is 30.5. The average Bonchev–Trinajstić information content (AvgIpc) is 3.05. The Morgan fingerprint density at radius 1 is 1.06 bits per heavy atom. The highest BCUT2D eigenvalue weighted by Gasteiger charge is 2.40. The molecule has 4 heteroatoms. The Morgan fingerprint density at radius 3 is 2.41 bits per heavy atom. The summed E-state index contributed by atoms with van der Waals surface area (Å²) >= 11 is 2.01. The number of thioether (sulfide) groups is 1. The zero-order valence-electron chi connectivity index (χ0n) is 10.4. The highest BCUT2D eigenvalue weighted by molar-refractivity contribution is 7.99. The second-order valence-electron chi connectivity index (χ2n) is 5.52. The fourth-order valence-electron chi connectivity index (χ4n) is 3.03. The zero-order valence-corrected chi connectivity index (χ0v) is 11.2. The van der Waals surface area contributed by atoms with Crippen LogP contribution in [0.5, 0.6) is 0 Å². The van der Waals surface area contributed by atoms with E-state index in [2.05, 4.69) is 10.2 Å². The van der Waals surface area contributed by atoms with Crippen LogP contribution in [0.4, 0.5) is 0 Å². The summed E-state index contributed by atoms with van der Waals surface area (Å²) in [5.41, 5.74) is 0. The van der Waals surface area contributed by atoms with E-state index < -0.39 is 0 Å². The lowest BCUT2D eigenvalue weighted by Gasteiger charge is -2.33. The van der Waals surface area contributed by atoms with Crippen LogP contribution in [0.15, 0.2) is 0 Å². The fourth-order valence-corrected chi connectivity index (χ4v) is 4.24. The van der Waals surface area contributed by atoms with Crippen molar-refractivity contribution >= 4 is 17.7 Å². The standard InChI is InChI=1S/C13H22N2OS/c16-13(10-3-6-14-7-4-10)15(11-1-2-11)12-5-8-17-9-12/h10-12,14H,1-9H2/t12-/m0/s1. The van der Waals surface area contributed by atoms with Crippen molar-refractivity contribution in [2.45, 2.75) is 44.2 Å². The van der Waals surface area contributed by atoms with Crippen LogP contribution in [0.1, 0.15) is 32.1 Å². The van der Waals surface area contributed by atoms with Gasteiger partial charge >= 0.3 is 0 Å². The number of carbonyl (C=O) groups excluding carboxylic acids is 1. The first kappa shape index (κ1) is 11.8. The molecule has 0 radical (unpaired) electrons. The number of amides is 1. The Labute approximate surface area is 108 Å². The zero-order chi connectivity index (χ0) is 11.7. The van der Waals surface area contributed by atoms with Crippen molar-refractivity contribution < 1.29 is 4.79 Å². The fraction of sp³-hybridized carbons (Fsp3) is 0.923. The van der Waals surface area contributed by atoms with E-state index in [1.54, 1.807) is 0 Å². The molecule has 2 saturated heterocycles. The van der Waals surface area contributed by atoms with Crippen LogP contribution in [0.25, 0.3) is 0 Å². The highest BCUT2D eigenvalue weighted by atomic mass is 32.2. The van der Waals surface area contributed by atoms with E-state index >= 15 is 0 Å². The van der Waals surface area contributed by atoms with Crippen molar-refractivity contribution in [1.82, 2.24) is 10.2 Å². The van der Waals surface area contributed by atoms with Gasteiger partial charge in [0.15, 0.2) is 0 Å². The van der Waals surface area contributed by atoms with Crippen LogP contribution >= 0.6 is 11.8 Å². The monoisotopic (exact) mass is 254 g/mol. The second kappa shape index (κ2) is 5.19. The molecule has 0 aromatic carbocycles. The molecular formula is C13H22N2OS. The van der Waals surface area contributed by atoms with Gasteiger partial charge in [0.05, 0.1) is 0 Å². The van der Waals surface area contributed by atoms with Gasteiger partial charge in [0.25, 0.3) is 0 Å². The molecule has 2 heterocycles. The molecule has 1 N–H and O–H groups in total. The molecule has 1 saturated carbocycles. The third-order valence-electron chi connectivity index (χ3n) is 4.18. The van der Waals surface area contributed by atoms with Crippen LogP contribution in [0.3, 0.4) is 0 Å². The van der Waals surface area contributed by atoms with E-state index in [0.29, 0.717) is 23.9 Å². The van der Waals surface area contributed by atoms with Crippen LogP contribution in [0, 0.1) is 5.92 Å². The Bertz CT molecular complexity index is 281. The van der Waals surface area contributed by atoms with Crippen LogP contribution in [-0.2, 0) is 4.79 Å². The van der Waals surface area contributed by atoms with Gasteiger partial charge in [-0.1, -0.05) is 0 Å². The predicted molar refractivity (Wildman–Crippen MR) is 71.2 cm³/mol. The molecule has 0 unspecified atom stereocenters.